The topological polar surface area (TPSA) is 47.3 Å². The molecule has 1 aromatic rings. The highest BCUT2D eigenvalue weighted by atomic mass is 16.5. The van der Waals surface area contributed by atoms with Gasteiger partial charge in [0, 0.05) is 17.3 Å². The van der Waals surface area contributed by atoms with Crippen LogP contribution in [0, 0.1) is 0 Å². The number of rotatable bonds is 2. The largest absolute Gasteiger partial charge is 0.495 e. The van der Waals surface area contributed by atoms with E-state index in [0.717, 1.165) is 5.69 Å². The second kappa shape index (κ2) is 3.78. The quantitative estimate of drug-likeness (QED) is 0.711. The summed E-state index contributed by atoms with van der Waals surface area (Å²) in [5.41, 5.74) is 7.43. The van der Waals surface area contributed by atoms with Gasteiger partial charge in [0.25, 0.3) is 0 Å². The van der Waals surface area contributed by atoms with E-state index in [1.165, 1.54) is 0 Å². The number of nitrogen functional groups attached to an aromatic ring is 1. The number of anilines is 2. The third-order valence-electron chi connectivity index (χ3n) is 1.75. The summed E-state index contributed by atoms with van der Waals surface area (Å²) in [5, 5.41) is 3.35. The molecule has 0 saturated heterocycles. The van der Waals surface area contributed by atoms with Gasteiger partial charge in [0.2, 0.25) is 0 Å². The molecule has 0 aliphatic heterocycles. The molecular formula is C11H18N2O. The number of ether oxygens (including phenoxy) is 1. The number of nitrogens with one attached hydrogen (secondary N) is 1. The van der Waals surface area contributed by atoms with Gasteiger partial charge in [-0.25, -0.2) is 0 Å². The molecule has 14 heavy (non-hydrogen) atoms. The van der Waals surface area contributed by atoms with Gasteiger partial charge in [0.1, 0.15) is 5.75 Å². The standard InChI is InChI=1S/C11H18N2O/c1-11(2,3)13-8-5-6-9(12)10(7-8)14-4/h5-7,13H,12H2,1-4H3. The average molecular weight is 194 g/mol. The van der Waals surface area contributed by atoms with Crippen LogP contribution in [-0.4, -0.2) is 12.6 Å². The average Bonchev–Trinajstić information content (AvgIpc) is 2.06. The van der Waals surface area contributed by atoms with Gasteiger partial charge in [-0.15, -0.1) is 0 Å². The lowest BCUT2D eigenvalue weighted by atomic mass is 10.1. The van der Waals surface area contributed by atoms with Gasteiger partial charge in [-0.05, 0) is 32.9 Å². The highest BCUT2D eigenvalue weighted by Gasteiger charge is 2.10. The Morgan fingerprint density at radius 3 is 2.43 bits per heavy atom. The lowest BCUT2D eigenvalue weighted by Crippen LogP contribution is -2.25. The van der Waals surface area contributed by atoms with Crippen LogP contribution in [0.5, 0.6) is 5.75 Å². The van der Waals surface area contributed by atoms with E-state index in [1.54, 1.807) is 7.11 Å². The Morgan fingerprint density at radius 1 is 1.29 bits per heavy atom. The van der Waals surface area contributed by atoms with Crippen molar-refractivity contribution in [3.05, 3.63) is 18.2 Å². The van der Waals surface area contributed by atoms with Crippen LogP contribution >= 0.6 is 0 Å². The van der Waals surface area contributed by atoms with Gasteiger partial charge in [0.05, 0.1) is 12.8 Å². The number of methoxy groups -OCH3 is 1. The summed E-state index contributed by atoms with van der Waals surface area (Å²) in [4.78, 5) is 0. The molecule has 3 heteroatoms. The van der Waals surface area contributed by atoms with E-state index in [2.05, 4.69) is 26.1 Å². The maximum absolute atomic E-state index is 5.71. The predicted octanol–water partition coefficient (Wildman–Crippen LogP) is 2.49. The van der Waals surface area contributed by atoms with Crippen molar-refractivity contribution < 1.29 is 4.74 Å². The Hall–Kier alpha value is -1.38. The molecule has 0 aliphatic rings. The first-order valence-electron chi connectivity index (χ1n) is 4.64. The molecule has 78 valence electrons. The minimum atomic E-state index is 0.0428. The molecule has 3 N–H and O–H groups in total. The Kier molecular flexibility index (Phi) is 2.89. The number of benzene rings is 1. The number of nitrogens with two attached hydrogens (primary N) is 1. The highest BCUT2D eigenvalue weighted by molar-refractivity contribution is 5.61. The molecule has 0 bridgehead atoms. The van der Waals surface area contributed by atoms with Gasteiger partial charge in [-0.3, -0.25) is 0 Å². The fourth-order valence-corrected chi connectivity index (χ4v) is 1.22. The fraction of sp³-hybridized carbons (Fsp3) is 0.455. The summed E-state index contributed by atoms with van der Waals surface area (Å²) in [6.07, 6.45) is 0. The lowest BCUT2D eigenvalue weighted by Gasteiger charge is -2.22. The van der Waals surface area contributed by atoms with Crippen molar-refractivity contribution in [3.8, 4) is 5.75 Å². The first-order chi connectivity index (χ1) is 6.42. The van der Waals surface area contributed by atoms with E-state index in [1.807, 2.05) is 18.2 Å². The van der Waals surface area contributed by atoms with Crippen LogP contribution in [0.15, 0.2) is 18.2 Å². The van der Waals surface area contributed by atoms with E-state index in [9.17, 15) is 0 Å². The zero-order valence-electron chi connectivity index (χ0n) is 9.22. The molecule has 0 aliphatic carbocycles. The molecule has 3 nitrogen and oxygen atoms in total. The Balaban J connectivity index is 2.90. The molecule has 0 saturated carbocycles. The Labute approximate surface area is 85.3 Å². The smallest absolute Gasteiger partial charge is 0.143 e. The summed E-state index contributed by atoms with van der Waals surface area (Å²) in [7, 11) is 1.62. The van der Waals surface area contributed by atoms with Crippen molar-refractivity contribution in [3.63, 3.8) is 0 Å². The maximum Gasteiger partial charge on any atom is 0.143 e. The minimum Gasteiger partial charge on any atom is -0.495 e. The zero-order chi connectivity index (χ0) is 10.8. The fourth-order valence-electron chi connectivity index (χ4n) is 1.22. The van der Waals surface area contributed by atoms with Crippen molar-refractivity contribution in [2.75, 3.05) is 18.2 Å². The molecule has 0 fully saturated rings. The van der Waals surface area contributed by atoms with Crippen molar-refractivity contribution in [1.29, 1.82) is 0 Å². The van der Waals surface area contributed by atoms with E-state index in [-0.39, 0.29) is 5.54 Å². The Bertz CT molecular complexity index is 316. The zero-order valence-corrected chi connectivity index (χ0v) is 9.22. The van der Waals surface area contributed by atoms with E-state index in [4.69, 9.17) is 10.5 Å². The molecule has 0 heterocycles. The normalized spacial score (nSPS) is 11.1. The molecule has 0 atom stereocenters. The Morgan fingerprint density at radius 2 is 1.93 bits per heavy atom. The molecule has 0 amide bonds. The minimum absolute atomic E-state index is 0.0428. The summed E-state index contributed by atoms with van der Waals surface area (Å²) >= 11 is 0. The third kappa shape index (κ3) is 2.83. The van der Waals surface area contributed by atoms with Crippen LogP contribution in [-0.2, 0) is 0 Å². The van der Waals surface area contributed by atoms with Crippen molar-refractivity contribution in [2.24, 2.45) is 0 Å². The number of hydrogen-bond donors (Lipinski definition) is 2. The van der Waals surface area contributed by atoms with Gasteiger partial charge >= 0.3 is 0 Å². The van der Waals surface area contributed by atoms with Gasteiger partial charge in [-0.2, -0.15) is 0 Å². The lowest BCUT2D eigenvalue weighted by molar-refractivity contribution is 0.417. The first kappa shape index (κ1) is 10.7. The van der Waals surface area contributed by atoms with Gasteiger partial charge < -0.3 is 15.8 Å². The number of hydrogen-bond acceptors (Lipinski definition) is 3. The van der Waals surface area contributed by atoms with Gasteiger partial charge in [-0.1, -0.05) is 0 Å². The van der Waals surface area contributed by atoms with Crippen LogP contribution in [0.4, 0.5) is 11.4 Å². The first-order valence-corrected chi connectivity index (χ1v) is 4.64. The van der Waals surface area contributed by atoms with Crippen LogP contribution in [0.2, 0.25) is 0 Å². The van der Waals surface area contributed by atoms with Crippen LogP contribution in [0.25, 0.3) is 0 Å². The second-order valence-electron chi connectivity index (χ2n) is 4.33. The molecule has 1 rings (SSSR count). The van der Waals surface area contributed by atoms with E-state index >= 15 is 0 Å². The molecule has 0 radical (unpaired) electrons. The maximum atomic E-state index is 5.71. The second-order valence-corrected chi connectivity index (χ2v) is 4.33. The van der Waals surface area contributed by atoms with Crippen molar-refractivity contribution >= 4 is 11.4 Å². The summed E-state index contributed by atoms with van der Waals surface area (Å²) < 4.78 is 5.14. The molecule has 0 unspecified atom stereocenters. The summed E-state index contributed by atoms with van der Waals surface area (Å²) in [5.74, 6) is 0.708. The van der Waals surface area contributed by atoms with E-state index < -0.39 is 0 Å². The third-order valence-corrected chi connectivity index (χ3v) is 1.75. The summed E-state index contributed by atoms with van der Waals surface area (Å²) in [6.45, 7) is 6.32. The summed E-state index contributed by atoms with van der Waals surface area (Å²) in [6, 6.07) is 5.69. The molecule has 0 aromatic heterocycles. The van der Waals surface area contributed by atoms with Gasteiger partial charge in [0.15, 0.2) is 0 Å². The highest BCUT2D eigenvalue weighted by Crippen LogP contribution is 2.26. The predicted molar refractivity (Wildman–Crippen MR) is 60.8 cm³/mol. The molecular weight excluding hydrogens is 176 g/mol. The monoisotopic (exact) mass is 194 g/mol. The van der Waals surface area contributed by atoms with Crippen molar-refractivity contribution in [2.45, 2.75) is 26.3 Å². The van der Waals surface area contributed by atoms with E-state index in [0.29, 0.717) is 11.4 Å². The van der Waals surface area contributed by atoms with Crippen LogP contribution < -0.4 is 15.8 Å². The molecule has 1 aromatic carbocycles. The van der Waals surface area contributed by atoms with Crippen LogP contribution in [0.1, 0.15) is 20.8 Å². The SMILES string of the molecule is COc1cc(NC(C)(C)C)ccc1N. The van der Waals surface area contributed by atoms with Crippen molar-refractivity contribution in [1.82, 2.24) is 0 Å². The molecule has 0 spiro atoms. The van der Waals surface area contributed by atoms with Crippen LogP contribution in [0.3, 0.4) is 0 Å².